The number of aryl methyl sites for hydroxylation is 1. The molecule has 0 radical (unpaired) electrons. The standard InChI is InChI=1S/C13H14FN3O2S/c1-9-3-2-6-16-12(9)8-17-20(18,19)13-5-4-10(14)7-11(13)15/h2-7,17H,8,15H2,1H3. The van der Waals surface area contributed by atoms with Crippen molar-refractivity contribution in [2.45, 2.75) is 18.4 Å². The van der Waals surface area contributed by atoms with E-state index in [4.69, 9.17) is 5.73 Å². The quantitative estimate of drug-likeness (QED) is 0.839. The van der Waals surface area contributed by atoms with E-state index in [1.165, 1.54) is 0 Å². The van der Waals surface area contributed by atoms with E-state index in [-0.39, 0.29) is 17.1 Å². The van der Waals surface area contributed by atoms with Gasteiger partial charge in [0.2, 0.25) is 10.0 Å². The first-order chi connectivity index (χ1) is 9.40. The molecule has 20 heavy (non-hydrogen) atoms. The van der Waals surface area contributed by atoms with Gasteiger partial charge >= 0.3 is 0 Å². The molecule has 0 unspecified atom stereocenters. The second kappa shape index (κ2) is 5.56. The predicted octanol–water partition coefficient (Wildman–Crippen LogP) is 1.59. The smallest absolute Gasteiger partial charge is 0.242 e. The first-order valence-electron chi connectivity index (χ1n) is 5.85. The van der Waals surface area contributed by atoms with Crippen molar-refractivity contribution in [3.05, 3.63) is 53.6 Å². The van der Waals surface area contributed by atoms with Crippen molar-refractivity contribution in [3.8, 4) is 0 Å². The molecule has 0 aliphatic heterocycles. The van der Waals surface area contributed by atoms with Crippen molar-refractivity contribution >= 4 is 15.7 Å². The maximum atomic E-state index is 12.9. The Bertz CT molecular complexity index is 732. The fraction of sp³-hybridized carbons (Fsp3) is 0.154. The third-order valence-corrected chi connectivity index (χ3v) is 4.28. The van der Waals surface area contributed by atoms with Gasteiger partial charge in [-0.1, -0.05) is 6.07 Å². The van der Waals surface area contributed by atoms with Crippen LogP contribution in [0.15, 0.2) is 41.4 Å². The number of nitrogen functional groups attached to an aromatic ring is 1. The van der Waals surface area contributed by atoms with E-state index in [1.54, 1.807) is 12.3 Å². The molecule has 106 valence electrons. The summed E-state index contributed by atoms with van der Waals surface area (Å²) in [5, 5.41) is 0. The molecule has 1 aromatic heterocycles. The summed E-state index contributed by atoms with van der Waals surface area (Å²) in [6.45, 7) is 1.88. The minimum absolute atomic E-state index is 0.0474. The van der Waals surface area contributed by atoms with Gasteiger partial charge < -0.3 is 5.73 Å². The van der Waals surface area contributed by atoms with Gasteiger partial charge in [0.15, 0.2) is 0 Å². The summed E-state index contributed by atoms with van der Waals surface area (Å²) >= 11 is 0. The molecular formula is C13H14FN3O2S. The lowest BCUT2D eigenvalue weighted by molar-refractivity contribution is 0.580. The molecule has 0 saturated carbocycles. The van der Waals surface area contributed by atoms with Gasteiger partial charge in [-0.15, -0.1) is 0 Å². The van der Waals surface area contributed by atoms with Crippen molar-refractivity contribution in [2.24, 2.45) is 0 Å². The number of hydrogen-bond donors (Lipinski definition) is 2. The Labute approximate surface area is 116 Å². The summed E-state index contributed by atoms with van der Waals surface area (Å²) in [6.07, 6.45) is 1.59. The average molecular weight is 295 g/mol. The number of benzene rings is 1. The van der Waals surface area contributed by atoms with Crippen LogP contribution in [-0.4, -0.2) is 13.4 Å². The van der Waals surface area contributed by atoms with Gasteiger partial charge in [-0.25, -0.2) is 17.5 Å². The second-order valence-corrected chi connectivity index (χ2v) is 6.01. The van der Waals surface area contributed by atoms with Crippen molar-refractivity contribution in [1.82, 2.24) is 9.71 Å². The van der Waals surface area contributed by atoms with Crippen LogP contribution >= 0.6 is 0 Å². The van der Waals surface area contributed by atoms with Crippen LogP contribution in [0.3, 0.4) is 0 Å². The van der Waals surface area contributed by atoms with E-state index in [1.807, 2.05) is 13.0 Å². The number of halogens is 1. The molecule has 0 fully saturated rings. The van der Waals surface area contributed by atoms with Gasteiger partial charge in [-0.05, 0) is 36.8 Å². The van der Waals surface area contributed by atoms with Crippen molar-refractivity contribution in [1.29, 1.82) is 0 Å². The lowest BCUT2D eigenvalue weighted by atomic mass is 10.2. The normalized spacial score (nSPS) is 11.5. The zero-order chi connectivity index (χ0) is 14.8. The number of nitrogens with zero attached hydrogens (tertiary/aromatic N) is 1. The molecule has 5 nitrogen and oxygen atoms in total. The molecule has 0 saturated heterocycles. The van der Waals surface area contributed by atoms with Crippen LogP contribution < -0.4 is 10.5 Å². The Kier molecular flexibility index (Phi) is 4.01. The molecule has 2 rings (SSSR count). The summed E-state index contributed by atoms with van der Waals surface area (Å²) in [5.41, 5.74) is 6.90. The van der Waals surface area contributed by atoms with Gasteiger partial charge in [-0.2, -0.15) is 0 Å². The van der Waals surface area contributed by atoms with Gasteiger partial charge in [0.1, 0.15) is 10.7 Å². The number of aromatic nitrogens is 1. The Morgan fingerprint density at radius 1 is 1.35 bits per heavy atom. The van der Waals surface area contributed by atoms with Crippen LogP contribution in [0.4, 0.5) is 10.1 Å². The molecular weight excluding hydrogens is 281 g/mol. The SMILES string of the molecule is Cc1cccnc1CNS(=O)(=O)c1ccc(F)cc1N. The maximum Gasteiger partial charge on any atom is 0.242 e. The van der Waals surface area contributed by atoms with Crippen LogP contribution in [0.25, 0.3) is 0 Å². The summed E-state index contributed by atoms with van der Waals surface area (Å²) in [4.78, 5) is 3.95. The van der Waals surface area contributed by atoms with Crippen LogP contribution in [-0.2, 0) is 16.6 Å². The highest BCUT2D eigenvalue weighted by atomic mass is 32.2. The zero-order valence-electron chi connectivity index (χ0n) is 10.8. The van der Waals surface area contributed by atoms with Gasteiger partial charge in [0.05, 0.1) is 17.9 Å². The highest BCUT2D eigenvalue weighted by molar-refractivity contribution is 7.89. The van der Waals surface area contributed by atoms with E-state index in [2.05, 4.69) is 9.71 Å². The number of nitrogens with one attached hydrogen (secondary N) is 1. The number of pyridine rings is 1. The number of hydrogen-bond acceptors (Lipinski definition) is 4. The first kappa shape index (κ1) is 14.4. The summed E-state index contributed by atoms with van der Waals surface area (Å²) in [6, 6.07) is 6.77. The molecule has 0 aliphatic carbocycles. The van der Waals surface area contributed by atoms with Gasteiger partial charge in [0, 0.05) is 6.20 Å². The second-order valence-electron chi connectivity index (χ2n) is 4.27. The molecule has 3 N–H and O–H groups in total. The molecule has 0 aliphatic rings. The zero-order valence-corrected chi connectivity index (χ0v) is 11.6. The third kappa shape index (κ3) is 3.12. The molecule has 0 atom stereocenters. The van der Waals surface area contributed by atoms with E-state index in [0.29, 0.717) is 5.69 Å². The van der Waals surface area contributed by atoms with E-state index < -0.39 is 15.8 Å². The fourth-order valence-electron chi connectivity index (χ4n) is 1.71. The Balaban J connectivity index is 2.22. The molecule has 0 bridgehead atoms. The van der Waals surface area contributed by atoms with Gasteiger partial charge in [-0.3, -0.25) is 4.98 Å². The summed E-state index contributed by atoms with van der Waals surface area (Å²) in [5.74, 6) is -0.581. The van der Waals surface area contributed by atoms with E-state index >= 15 is 0 Å². The largest absolute Gasteiger partial charge is 0.398 e. The minimum atomic E-state index is -3.80. The number of sulfonamides is 1. The Morgan fingerprint density at radius 3 is 2.75 bits per heavy atom. The highest BCUT2D eigenvalue weighted by Gasteiger charge is 2.18. The van der Waals surface area contributed by atoms with E-state index in [0.717, 1.165) is 23.8 Å². The molecule has 1 heterocycles. The number of rotatable bonds is 4. The molecule has 0 spiro atoms. The average Bonchev–Trinajstić information content (AvgIpc) is 2.37. The summed E-state index contributed by atoms with van der Waals surface area (Å²) in [7, 11) is -3.80. The molecule has 7 heteroatoms. The summed E-state index contributed by atoms with van der Waals surface area (Å²) < 4.78 is 39.5. The third-order valence-electron chi connectivity index (χ3n) is 2.81. The molecule has 2 aromatic rings. The van der Waals surface area contributed by atoms with E-state index in [9.17, 15) is 12.8 Å². The molecule has 0 amide bonds. The van der Waals surface area contributed by atoms with Crippen LogP contribution in [0.5, 0.6) is 0 Å². The van der Waals surface area contributed by atoms with Crippen molar-refractivity contribution in [3.63, 3.8) is 0 Å². The topological polar surface area (TPSA) is 85.1 Å². The van der Waals surface area contributed by atoms with Gasteiger partial charge in [0.25, 0.3) is 0 Å². The van der Waals surface area contributed by atoms with Crippen LogP contribution in [0.2, 0.25) is 0 Å². The molecule has 1 aromatic carbocycles. The predicted molar refractivity (Wildman–Crippen MR) is 73.8 cm³/mol. The Morgan fingerprint density at radius 2 is 2.10 bits per heavy atom. The van der Waals surface area contributed by atoms with Crippen LogP contribution in [0.1, 0.15) is 11.3 Å². The first-order valence-corrected chi connectivity index (χ1v) is 7.33. The van der Waals surface area contributed by atoms with Crippen LogP contribution in [0, 0.1) is 12.7 Å². The minimum Gasteiger partial charge on any atom is -0.398 e. The van der Waals surface area contributed by atoms with Crippen molar-refractivity contribution in [2.75, 3.05) is 5.73 Å². The monoisotopic (exact) mass is 295 g/mol. The lowest BCUT2D eigenvalue weighted by Crippen LogP contribution is -2.25. The van der Waals surface area contributed by atoms with Crippen molar-refractivity contribution < 1.29 is 12.8 Å². The number of anilines is 1. The number of nitrogens with two attached hydrogens (primary N) is 1. The fourth-order valence-corrected chi connectivity index (χ4v) is 2.81. The maximum absolute atomic E-state index is 12.9. The Hall–Kier alpha value is -1.99. The lowest BCUT2D eigenvalue weighted by Gasteiger charge is -2.10. The highest BCUT2D eigenvalue weighted by Crippen LogP contribution is 2.19.